The van der Waals surface area contributed by atoms with Crippen LogP contribution in [0.25, 0.3) is 53.6 Å². The topological polar surface area (TPSA) is 24.9 Å². The first-order valence-electron chi connectivity index (χ1n) is 23.7. The van der Waals surface area contributed by atoms with E-state index in [-0.39, 0.29) is 17.7 Å². The van der Waals surface area contributed by atoms with E-state index in [0.29, 0.717) is 23.0 Å². The maximum atomic E-state index is 6.87. The van der Waals surface area contributed by atoms with E-state index in [0.717, 1.165) is 33.8 Å². The van der Waals surface area contributed by atoms with Crippen LogP contribution < -0.4 is 30.1 Å². The highest BCUT2D eigenvalue weighted by atomic mass is 32.1. The van der Waals surface area contributed by atoms with E-state index in [1.165, 1.54) is 70.3 Å². The quantitative estimate of drug-likeness (QED) is 0.164. The fraction of sp³-hybridized carbons (Fsp3) is 0.129. The van der Waals surface area contributed by atoms with Crippen molar-refractivity contribution in [2.75, 3.05) is 9.71 Å². The highest BCUT2D eigenvalue weighted by Gasteiger charge is 2.48. The Balaban J connectivity index is 1.19. The average Bonchev–Trinajstić information content (AvgIpc) is 3.73. The first-order chi connectivity index (χ1) is 33.0. The minimum Gasteiger partial charge on any atom is -0.450 e. The normalized spacial score (nSPS) is 13.6. The average molecular weight is 897 g/mol. The van der Waals surface area contributed by atoms with Crippen LogP contribution in [0.1, 0.15) is 52.7 Å². The van der Waals surface area contributed by atoms with Gasteiger partial charge < -0.3 is 19.2 Å². The molecule has 0 unspecified atom stereocenters. The highest BCUT2D eigenvalue weighted by Crippen LogP contribution is 2.56. The number of fused-ring (bicyclic) bond motifs is 10. The van der Waals surface area contributed by atoms with Crippen LogP contribution in [-0.4, -0.2) is 6.85 Å². The molecule has 0 amide bonds. The van der Waals surface area contributed by atoms with Gasteiger partial charge in [0.05, 0.1) is 5.69 Å². The predicted octanol–water partition coefficient (Wildman–Crippen LogP) is 16.6. The van der Waals surface area contributed by atoms with Gasteiger partial charge in [0.2, 0.25) is 0 Å². The summed E-state index contributed by atoms with van der Waals surface area (Å²) in [6, 6.07) is 69.1. The van der Waals surface area contributed by atoms with Crippen molar-refractivity contribution in [3.05, 3.63) is 199 Å². The van der Waals surface area contributed by atoms with Crippen LogP contribution in [-0.2, 0) is 10.8 Å². The molecule has 0 atom stereocenters. The largest absolute Gasteiger partial charge is 0.450 e. The second-order valence-electron chi connectivity index (χ2n) is 20.5. The summed E-state index contributed by atoms with van der Waals surface area (Å²) in [6.07, 6.45) is 0. The van der Waals surface area contributed by atoms with Gasteiger partial charge in [0.1, 0.15) is 0 Å². The summed E-state index contributed by atoms with van der Waals surface area (Å²) in [6.45, 7) is 13.5. The van der Waals surface area contributed by atoms with Gasteiger partial charge in [-0.15, -0.1) is 11.3 Å². The Morgan fingerprint density at radius 2 is 0.971 bits per heavy atom. The fourth-order valence-corrected chi connectivity index (χ4v) is 12.1. The molecule has 0 bridgehead atoms. The monoisotopic (exact) mass is 896 g/mol. The molecule has 0 fully saturated rings. The Bertz CT molecular complexity index is 3680. The Morgan fingerprint density at radius 1 is 0.426 bits per heavy atom. The number of ether oxygens (including phenoxy) is 2. The van der Waals surface area contributed by atoms with E-state index in [1.807, 2.05) is 35.6 Å². The van der Waals surface area contributed by atoms with Crippen molar-refractivity contribution in [3.63, 3.8) is 0 Å². The molecule has 0 saturated carbocycles. The van der Waals surface area contributed by atoms with Crippen LogP contribution in [0, 0.1) is 0 Å². The van der Waals surface area contributed by atoms with Crippen molar-refractivity contribution in [1.82, 2.24) is 0 Å². The maximum absolute atomic E-state index is 6.87. The smallest absolute Gasteiger partial charge is 0.333 e. The summed E-state index contributed by atoms with van der Waals surface area (Å²) < 4.78 is 16.3. The molecule has 0 N–H and O–H groups in total. The zero-order chi connectivity index (χ0) is 46.1. The summed E-state index contributed by atoms with van der Waals surface area (Å²) in [5, 5.41) is 2.52. The van der Waals surface area contributed by atoms with Gasteiger partial charge in [-0.2, -0.15) is 0 Å². The predicted molar refractivity (Wildman–Crippen MR) is 288 cm³/mol. The molecule has 13 rings (SSSR count). The molecule has 4 nitrogen and oxygen atoms in total. The molecule has 10 aromatic rings. The van der Waals surface area contributed by atoms with E-state index in [9.17, 15) is 0 Å². The van der Waals surface area contributed by atoms with Crippen molar-refractivity contribution >= 4 is 77.7 Å². The third-order valence-electron chi connectivity index (χ3n) is 14.2. The summed E-state index contributed by atoms with van der Waals surface area (Å²) in [7, 11) is 0. The number of hydrogen-bond acceptors (Lipinski definition) is 5. The molecule has 328 valence electrons. The van der Waals surface area contributed by atoms with Gasteiger partial charge >= 0.3 is 6.85 Å². The lowest BCUT2D eigenvalue weighted by Crippen LogP contribution is -2.61. The summed E-state index contributed by atoms with van der Waals surface area (Å²) >= 11 is 1.90. The first-order valence-corrected chi connectivity index (χ1v) is 24.5. The lowest BCUT2D eigenvalue weighted by atomic mass is 9.43. The van der Waals surface area contributed by atoms with Crippen LogP contribution in [0.5, 0.6) is 23.0 Å². The Hall–Kier alpha value is -7.54. The lowest BCUT2D eigenvalue weighted by Gasteiger charge is -2.47. The molecular formula is C62H49BN2O2S. The van der Waals surface area contributed by atoms with Crippen molar-refractivity contribution in [3.8, 4) is 56.4 Å². The molecule has 0 saturated heterocycles. The first kappa shape index (κ1) is 40.7. The van der Waals surface area contributed by atoms with Gasteiger partial charge in [0, 0.05) is 71.2 Å². The van der Waals surface area contributed by atoms with Crippen LogP contribution in [0.15, 0.2) is 188 Å². The van der Waals surface area contributed by atoms with Crippen LogP contribution in [0.2, 0.25) is 0 Å². The Morgan fingerprint density at radius 3 is 1.63 bits per heavy atom. The van der Waals surface area contributed by atoms with E-state index in [2.05, 4.69) is 215 Å². The molecule has 3 aliphatic rings. The number of hydrogen-bond donors (Lipinski definition) is 0. The van der Waals surface area contributed by atoms with Crippen molar-refractivity contribution < 1.29 is 9.47 Å². The highest BCUT2D eigenvalue weighted by molar-refractivity contribution is 7.26. The van der Waals surface area contributed by atoms with E-state index >= 15 is 0 Å². The summed E-state index contributed by atoms with van der Waals surface area (Å²) in [4.78, 5) is 5.18. The molecule has 1 aromatic heterocycles. The molecule has 9 aromatic carbocycles. The third-order valence-corrected chi connectivity index (χ3v) is 15.4. The zero-order valence-electron chi connectivity index (χ0n) is 39.1. The van der Waals surface area contributed by atoms with Gasteiger partial charge in [-0.05, 0) is 105 Å². The SMILES string of the molecule is CC(C)(C)c1ccc(N2B3c4cc5c(cc4N(c4ccc(C(C)(C)C)cc4-c4ccccc4)c4cc6c(sc7ccccc76)c(c43)-c3ccccc32)Oc2ccccc2O5)c(-c2ccccc2)c1. The van der Waals surface area contributed by atoms with Crippen LogP contribution in [0.4, 0.5) is 28.4 Å². The van der Waals surface area contributed by atoms with Gasteiger partial charge in [0.15, 0.2) is 23.0 Å². The standard InChI is InChI=1S/C62H49BN2O2S/c1-61(2,3)40-29-31-48(44(33-40)38-19-9-7-10-20-38)64-51-37-56-55(66-53-26-16-17-27-54(53)67-56)36-47(51)63-59-52(64)35-46-42-23-14-18-28-57(42)68-60(46)58(59)43-24-13-15-25-49(43)65(63)50-32-30-41(62(4,5)6)34-45(50)39-21-11-8-12-22-39/h7-37H,1-6H3. The van der Waals surface area contributed by atoms with E-state index < -0.39 is 0 Å². The lowest BCUT2D eigenvalue weighted by molar-refractivity contribution is 0.360. The fourth-order valence-electron chi connectivity index (χ4n) is 10.8. The second-order valence-corrected chi connectivity index (χ2v) is 21.5. The van der Waals surface area contributed by atoms with E-state index in [4.69, 9.17) is 9.47 Å². The molecule has 68 heavy (non-hydrogen) atoms. The van der Waals surface area contributed by atoms with Crippen LogP contribution >= 0.6 is 11.3 Å². The number of benzene rings is 9. The molecule has 4 heterocycles. The van der Waals surface area contributed by atoms with Crippen molar-refractivity contribution in [2.24, 2.45) is 0 Å². The minimum atomic E-state index is -0.265. The van der Waals surface area contributed by atoms with Gasteiger partial charge in [-0.25, -0.2) is 0 Å². The number of anilines is 5. The molecule has 3 aliphatic heterocycles. The van der Waals surface area contributed by atoms with Gasteiger partial charge in [-0.1, -0.05) is 163 Å². The van der Waals surface area contributed by atoms with Crippen molar-refractivity contribution in [1.29, 1.82) is 0 Å². The molecule has 0 spiro atoms. The van der Waals surface area contributed by atoms with Gasteiger partial charge in [-0.3, -0.25) is 0 Å². The molecule has 0 radical (unpaired) electrons. The molecule has 6 heteroatoms. The summed E-state index contributed by atoms with van der Waals surface area (Å²) in [5.41, 5.74) is 17.7. The van der Waals surface area contributed by atoms with Crippen LogP contribution in [0.3, 0.4) is 0 Å². The summed E-state index contributed by atoms with van der Waals surface area (Å²) in [5.74, 6) is 2.80. The molecular weight excluding hydrogens is 848 g/mol. The zero-order valence-corrected chi connectivity index (χ0v) is 39.9. The Kier molecular flexibility index (Phi) is 8.97. The van der Waals surface area contributed by atoms with E-state index in [1.54, 1.807) is 0 Å². The Labute approximate surface area is 402 Å². The number of nitrogens with zero attached hydrogens (tertiary/aromatic N) is 2. The number of thiophene rings is 1. The van der Waals surface area contributed by atoms with Gasteiger partial charge in [0.25, 0.3) is 0 Å². The number of rotatable bonds is 4. The minimum absolute atomic E-state index is 0.0575. The van der Waals surface area contributed by atoms with Crippen molar-refractivity contribution in [2.45, 2.75) is 52.4 Å². The molecule has 0 aliphatic carbocycles. The second kappa shape index (κ2) is 15.0. The number of para-hydroxylation sites is 3. The maximum Gasteiger partial charge on any atom is 0.333 e. The third kappa shape index (κ3) is 6.27.